The lowest BCUT2D eigenvalue weighted by Crippen LogP contribution is -2.56. The first kappa shape index (κ1) is 25.9. The molecule has 2 aliphatic heterocycles. The molecule has 4 N–H and O–H groups in total. The molecule has 0 aliphatic carbocycles. The highest BCUT2D eigenvalue weighted by atomic mass is 16.4. The van der Waals surface area contributed by atoms with Gasteiger partial charge < -0.3 is 20.7 Å². The molecule has 0 saturated carbocycles. The van der Waals surface area contributed by atoms with Crippen LogP contribution in [-0.2, 0) is 10.2 Å². The number of amides is 3. The molecule has 3 aromatic rings. The SMILES string of the molecule is CCC1(CC)C(=O)N(C(C)C)c2cc3nc(-c4[c]c([N+]5(C(=O)O)CCCCCC5)n(C(N)=O)n4)[nH]c3cc21. The molecular weight excluding hydrogens is 486 g/mol. The first-order valence-corrected chi connectivity index (χ1v) is 13.4. The molecule has 0 bridgehead atoms. The van der Waals surface area contributed by atoms with E-state index < -0.39 is 22.0 Å². The van der Waals surface area contributed by atoms with E-state index in [1.54, 1.807) is 0 Å². The summed E-state index contributed by atoms with van der Waals surface area (Å²) in [6.07, 6.45) is 3.56. The van der Waals surface area contributed by atoms with Gasteiger partial charge in [0.05, 0.1) is 35.2 Å². The zero-order valence-corrected chi connectivity index (χ0v) is 22.4. The molecule has 1 radical (unpaired) electrons. The zero-order valence-electron chi connectivity index (χ0n) is 22.4. The van der Waals surface area contributed by atoms with E-state index in [-0.39, 0.29) is 23.5 Å². The van der Waals surface area contributed by atoms with Crippen LogP contribution in [0.25, 0.3) is 22.6 Å². The van der Waals surface area contributed by atoms with Gasteiger partial charge in [-0.1, -0.05) is 13.8 Å². The van der Waals surface area contributed by atoms with E-state index in [0.29, 0.717) is 50.1 Å². The smallest absolute Gasteiger partial charge is 0.435 e. The lowest BCUT2D eigenvalue weighted by atomic mass is 9.77. The number of hydrogen-bond acceptors (Lipinski definition) is 5. The first-order valence-electron chi connectivity index (χ1n) is 13.4. The van der Waals surface area contributed by atoms with E-state index in [4.69, 9.17) is 10.7 Å². The fourth-order valence-electron chi connectivity index (χ4n) is 6.24. The third-order valence-corrected chi connectivity index (χ3v) is 8.39. The fraction of sp³-hybridized carbons (Fsp3) is 0.519. The molecule has 2 aromatic heterocycles. The van der Waals surface area contributed by atoms with Gasteiger partial charge in [0.25, 0.3) is 5.82 Å². The molecule has 5 rings (SSSR count). The Hall–Kier alpha value is -3.73. The molecule has 201 valence electrons. The minimum absolute atomic E-state index is 0.0104. The van der Waals surface area contributed by atoms with Gasteiger partial charge in [-0.25, -0.2) is 9.78 Å². The monoisotopic (exact) mass is 521 g/mol. The third-order valence-electron chi connectivity index (χ3n) is 8.39. The van der Waals surface area contributed by atoms with Crippen LogP contribution in [0.1, 0.15) is 71.8 Å². The maximum atomic E-state index is 13.5. The number of quaternary nitrogens is 1. The Morgan fingerprint density at radius 3 is 2.39 bits per heavy atom. The van der Waals surface area contributed by atoms with Crippen LogP contribution < -0.4 is 15.1 Å². The van der Waals surface area contributed by atoms with Crippen LogP contribution in [0.2, 0.25) is 0 Å². The summed E-state index contributed by atoms with van der Waals surface area (Å²) in [6.45, 7) is 8.72. The number of fused-ring (bicyclic) bond motifs is 2. The van der Waals surface area contributed by atoms with Crippen LogP contribution in [0, 0.1) is 6.07 Å². The molecule has 0 atom stereocenters. The summed E-state index contributed by atoms with van der Waals surface area (Å²) in [4.78, 5) is 48.3. The molecule has 11 heteroatoms. The Kier molecular flexibility index (Phi) is 6.29. The van der Waals surface area contributed by atoms with Crippen LogP contribution in [0.4, 0.5) is 21.1 Å². The number of benzene rings is 1. The molecular formula is C27H35N7O4+. The Bertz CT molecular complexity index is 1420. The second kappa shape index (κ2) is 9.23. The maximum absolute atomic E-state index is 13.5. The Labute approximate surface area is 221 Å². The van der Waals surface area contributed by atoms with Crippen molar-refractivity contribution < 1.29 is 19.5 Å². The summed E-state index contributed by atoms with van der Waals surface area (Å²) in [6, 6.07) is 6.10. The lowest BCUT2D eigenvalue weighted by Gasteiger charge is -2.29. The molecule has 4 heterocycles. The van der Waals surface area contributed by atoms with E-state index in [1.165, 1.54) is 0 Å². The highest BCUT2D eigenvalue weighted by Crippen LogP contribution is 2.48. The number of likely N-dealkylation sites (tertiary alicyclic amines) is 1. The Morgan fingerprint density at radius 2 is 1.84 bits per heavy atom. The van der Waals surface area contributed by atoms with Gasteiger partial charge in [-0.05, 0) is 70.1 Å². The van der Waals surface area contributed by atoms with Gasteiger partial charge in [0.1, 0.15) is 11.8 Å². The minimum Gasteiger partial charge on any atom is -0.435 e. The summed E-state index contributed by atoms with van der Waals surface area (Å²) in [5, 5.41) is 14.6. The molecule has 1 fully saturated rings. The molecule has 0 spiro atoms. The van der Waals surface area contributed by atoms with E-state index in [0.717, 1.165) is 34.3 Å². The number of nitrogens with zero attached hydrogens (tertiary/aromatic N) is 5. The number of carbonyl (C=O) groups excluding carboxylic acids is 2. The maximum Gasteiger partial charge on any atom is 0.520 e. The summed E-state index contributed by atoms with van der Waals surface area (Å²) in [5.41, 5.74) is 8.44. The molecule has 1 aromatic carbocycles. The second-order valence-corrected chi connectivity index (χ2v) is 10.7. The molecule has 1 saturated heterocycles. The number of rotatable bonds is 5. The van der Waals surface area contributed by atoms with Gasteiger partial charge in [-0.15, -0.1) is 4.68 Å². The summed E-state index contributed by atoms with van der Waals surface area (Å²) < 4.78 is 0.492. The van der Waals surface area contributed by atoms with E-state index >= 15 is 0 Å². The second-order valence-electron chi connectivity index (χ2n) is 10.7. The number of aromatic nitrogens is 4. The van der Waals surface area contributed by atoms with Crippen LogP contribution in [-0.4, -0.2) is 62.0 Å². The standard InChI is InChI=1S/C27H34N7O4/c1-5-27(6-2)17-13-18-19(14-21(17)32(16(3)4)24(27)35)30-23(29-18)20-15-22(33(31-20)25(28)36)34(26(37)38)11-9-7-8-10-12-34/h13-14,16H,5-12H2,1-4H3,(H3-,28,29,30,31,36,37,38)/p+1. The topological polar surface area (TPSA) is 147 Å². The van der Waals surface area contributed by atoms with Crippen LogP contribution in [0.5, 0.6) is 0 Å². The van der Waals surface area contributed by atoms with Crippen molar-refractivity contribution in [3.8, 4) is 11.5 Å². The zero-order chi connectivity index (χ0) is 27.4. The molecule has 0 unspecified atom stereocenters. The third kappa shape index (κ3) is 3.63. The van der Waals surface area contributed by atoms with Crippen molar-refractivity contribution in [1.29, 1.82) is 0 Å². The number of primary amides is 1. The van der Waals surface area contributed by atoms with Crippen molar-refractivity contribution in [3.05, 3.63) is 23.8 Å². The summed E-state index contributed by atoms with van der Waals surface area (Å²) >= 11 is 0. The highest BCUT2D eigenvalue weighted by molar-refractivity contribution is 6.10. The van der Waals surface area contributed by atoms with Crippen molar-refractivity contribution in [2.75, 3.05) is 18.0 Å². The van der Waals surface area contributed by atoms with Crippen LogP contribution in [0.3, 0.4) is 0 Å². The van der Waals surface area contributed by atoms with E-state index in [9.17, 15) is 19.5 Å². The number of imidazole rings is 1. The van der Waals surface area contributed by atoms with E-state index in [2.05, 4.69) is 16.1 Å². The van der Waals surface area contributed by atoms with Crippen LogP contribution >= 0.6 is 0 Å². The number of hydrogen-bond donors (Lipinski definition) is 3. The number of aromatic amines is 1. The fourth-order valence-corrected chi connectivity index (χ4v) is 6.24. The summed E-state index contributed by atoms with van der Waals surface area (Å²) in [5.74, 6) is 0.570. The Morgan fingerprint density at radius 1 is 1.18 bits per heavy atom. The predicted octanol–water partition coefficient (Wildman–Crippen LogP) is 4.53. The van der Waals surface area contributed by atoms with Gasteiger partial charge in [0, 0.05) is 6.04 Å². The number of H-pyrrole nitrogens is 1. The number of carboxylic acid groups (broad SMARTS) is 1. The number of nitrogens with two attached hydrogens (primary N) is 1. The number of nitrogens with one attached hydrogen (secondary N) is 1. The van der Waals surface area contributed by atoms with Gasteiger partial charge in [-0.2, -0.15) is 14.4 Å². The number of anilines is 1. The van der Waals surface area contributed by atoms with Crippen molar-refractivity contribution in [2.24, 2.45) is 5.73 Å². The van der Waals surface area contributed by atoms with Gasteiger partial charge >= 0.3 is 12.1 Å². The van der Waals surface area contributed by atoms with Gasteiger partial charge in [-0.3, -0.25) is 4.79 Å². The average Bonchev–Trinajstić information content (AvgIpc) is 3.49. The largest absolute Gasteiger partial charge is 0.520 e. The molecule has 3 amide bonds. The van der Waals surface area contributed by atoms with Gasteiger partial charge in [0.2, 0.25) is 5.91 Å². The van der Waals surface area contributed by atoms with Crippen LogP contribution in [0.15, 0.2) is 12.1 Å². The highest BCUT2D eigenvalue weighted by Gasteiger charge is 2.49. The van der Waals surface area contributed by atoms with Crippen molar-refractivity contribution in [1.82, 2.24) is 24.2 Å². The minimum atomic E-state index is -1.06. The predicted molar refractivity (Wildman–Crippen MR) is 144 cm³/mol. The van der Waals surface area contributed by atoms with Gasteiger partial charge in [0.15, 0.2) is 5.82 Å². The number of carbonyl (C=O) groups is 3. The molecule has 11 nitrogen and oxygen atoms in total. The van der Waals surface area contributed by atoms with Crippen molar-refractivity contribution >= 4 is 40.6 Å². The lowest BCUT2D eigenvalue weighted by molar-refractivity contribution is -0.123. The summed E-state index contributed by atoms with van der Waals surface area (Å²) in [7, 11) is 0. The first-order chi connectivity index (χ1) is 18.1. The average molecular weight is 522 g/mol. The quantitative estimate of drug-likeness (QED) is 0.420. The molecule has 38 heavy (non-hydrogen) atoms. The van der Waals surface area contributed by atoms with Crippen molar-refractivity contribution in [2.45, 2.75) is 77.7 Å². The normalized spacial score (nSPS) is 18.7. The molecule has 2 aliphatic rings. The van der Waals surface area contributed by atoms with Crippen molar-refractivity contribution in [3.63, 3.8) is 0 Å². The van der Waals surface area contributed by atoms with E-state index in [1.807, 2.05) is 44.7 Å². The Balaban J connectivity index is 1.66.